The molecule has 18 heavy (non-hydrogen) atoms. The van der Waals surface area contributed by atoms with E-state index in [2.05, 4.69) is 5.32 Å². The van der Waals surface area contributed by atoms with Crippen molar-refractivity contribution in [2.24, 2.45) is 0 Å². The average molecular weight is 269 g/mol. The first-order valence-electron chi connectivity index (χ1n) is 5.56. The van der Waals surface area contributed by atoms with E-state index >= 15 is 0 Å². The minimum absolute atomic E-state index is 0.0781. The number of rotatable bonds is 6. The van der Waals surface area contributed by atoms with Crippen LogP contribution in [0.2, 0.25) is 0 Å². The van der Waals surface area contributed by atoms with Gasteiger partial charge in [0, 0.05) is 24.0 Å². The first kappa shape index (κ1) is 13.0. The molecule has 2 rings (SSSR count). The number of nitrogens with one attached hydrogen (secondary N) is 1. The van der Waals surface area contributed by atoms with Gasteiger partial charge in [0.1, 0.15) is 12.4 Å². The van der Waals surface area contributed by atoms with E-state index in [9.17, 15) is 8.78 Å². The van der Waals surface area contributed by atoms with Crippen molar-refractivity contribution >= 4 is 11.3 Å². The van der Waals surface area contributed by atoms with Crippen LogP contribution in [-0.2, 0) is 6.54 Å². The van der Waals surface area contributed by atoms with Crippen LogP contribution in [0.5, 0.6) is 5.75 Å². The Labute approximate surface area is 108 Å². The highest BCUT2D eigenvalue weighted by Gasteiger charge is 2.04. The summed E-state index contributed by atoms with van der Waals surface area (Å²) >= 11 is 1.68. The molecule has 0 unspecified atom stereocenters. The molecule has 0 amide bonds. The Balaban J connectivity index is 1.69. The molecule has 0 fully saturated rings. The molecule has 1 aromatic heterocycles. The van der Waals surface area contributed by atoms with Crippen LogP contribution in [-0.4, -0.2) is 13.2 Å². The second kappa shape index (κ2) is 6.47. The number of hydrogen-bond acceptors (Lipinski definition) is 3. The SMILES string of the molecule is Fc1ccc(OCCNCc2cccs2)c(F)c1. The maximum Gasteiger partial charge on any atom is 0.167 e. The molecule has 0 aliphatic heterocycles. The Kier molecular flexibility index (Phi) is 4.66. The molecule has 0 bridgehead atoms. The molecule has 0 aliphatic rings. The molecular weight excluding hydrogens is 256 g/mol. The number of halogens is 2. The smallest absolute Gasteiger partial charge is 0.167 e. The Morgan fingerprint density at radius 1 is 1.22 bits per heavy atom. The molecule has 0 aliphatic carbocycles. The van der Waals surface area contributed by atoms with Gasteiger partial charge in [0.2, 0.25) is 0 Å². The lowest BCUT2D eigenvalue weighted by molar-refractivity contribution is 0.297. The molecule has 1 aromatic carbocycles. The molecule has 0 saturated carbocycles. The summed E-state index contributed by atoms with van der Waals surface area (Å²) in [6.07, 6.45) is 0. The van der Waals surface area contributed by atoms with E-state index < -0.39 is 11.6 Å². The van der Waals surface area contributed by atoms with E-state index in [1.54, 1.807) is 11.3 Å². The average Bonchev–Trinajstić information content (AvgIpc) is 2.84. The third-order valence-electron chi connectivity index (χ3n) is 2.31. The summed E-state index contributed by atoms with van der Waals surface area (Å²) in [6.45, 7) is 1.72. The fraction of sp³-hybridized carbons (Fsp3) is 0.231. The summed E-state index contributed by atoms with van der Waals surface area (Å²) in [7, 11) is 0. The lowest BCUT2D eigenvalue weighted by Crippen LogP contribution is -2.20. The van der Waals surface area contributed by atoms with Crippen LogP contribution in [0.25, 0.3) is 0 Å². The Morgan fingerprint density at radius 3 is 2.83 bits per heavy atom. The summed E-state index contributed by atoms with van der Waals surface area (Å²) in [5.41, 5.74) is 0. The fourth-order valence-electron chi connectivity index (χ4n) is 1.45. The van der Waals surface area contributed by atoms with Gasteiger partial charge in [0.05, 0.1) is 0 Å². The minimum Gasteiger partial charge on any atom is -0.489 e. The topological polar surface area (TPSA) is 21.3 Å². The van der Waals surface area contributed by atoms with Crippen molar-refractivity contribution in [3.05, 3.63) is 52.2 Å². The first-order chi connectivity index (χ1) is 8.75. The molecule has 0 atom stereocenters. The fourth-order valence-corrected chi connectivity index (χ4v) is 2.12. The van der Waals surface area contributed by atoms with E-state index in [1.165, 1.54) is 17.0 Å². The quantitative estimate of drug-likeness (QED) is 0.813. The van der Waals surface area contributed by atoms with Gasteiger partial charge in [-0.1, -0.05) is 6.07 Å². The van der Waals surface area contributed by atoms with Gasteiger partial charge in [-0.05, 0) is 23.6 Å². The van der Waals surface area contributed by atoms with Crippen LogP contribution in [0.1, 0.15) is 4.88 Å². The van der Waals surface area contributed by atoms with Gasteiger partial charge in [0.15, 0.2) is 11.6 Å². The molecule has 5 heteroatoms. The maximum absolute atomic E-state index is 13.2. The molecule has 0 spiro atoms. The normalized spacial score (nSPS) is 10.6. The molecule has 1 N–H and O–H groups in total. The zero-order valence-corrected chi connectivity index (χ0v) is 10.5. The zero-order chi connectivity index (χ0) is 12.8. The second-order valence-electron chi connectivity index (χ2n) is 3.68. The van der Waals surface area contributed by atoms with Gasteiger partial charge in [-0.3, -0.25) is 0 Å². The molecule has 96 valence electrons. The summed E-state index contributed by atoms with van der Waals surface area (Å²) in [4.78, 5) is 1.24. The Morgan fingerprint density at radius 2 is 2.11 bits per heavy atom. The first-order valence-corrected chi connectivity index (χ1v) is 6.44. The molecule has 0 radical (unpaired) electrons. The number of hydrogen-bond donors (Lipinski definition) is 1. The molecule has 2 aromatic rings. The monoisotopic (exact) mass is 269 g/mol. The highest BCUT2D eigenvalue weighted by Crippen LogP contribution is 2.17. The van der Waals surface area contributed by atoms with E-state index in [-0.39, 0.29) is 5.75 Å². The van der Waals surface area contributed by atoms with Crippen molar-refractivity contribution < 1.29 is 13.5 Å². The van der Waals surface area contributed by atoms with Crippen molar-refractivity contribution in [1.82, 2.24) is 5.32 Å². The third kappa shape index (κ3) is 3.78. The molecule has 0 saturated heterocycles. The number of thiophene rings is 1. The van der Waals surface area contributed by atoms with Crippen LogP contribution >= 0.6 is 11.3 Å². The maximum atomic E-state index is 13.2. The van der Waals surface area contributed by atoms with Crippen LogP contribution in [0.15, 0.2) is 35.7 Å². The minimum atomic E-state index is -0.673. The predicted octanol–water partition coefficient (Wildman–Crippen LogP) is 3.19. The second-order valence-corrected chi connectivity index (χ2v) is 4.71. The van der Waals surface area contributed by atoms with E-state index in [1.807, 2.05) is 17.5 Å². The van der Waals surface area contributed by atoms with Gasteiger partial charge in [0.25, 0.3) is 0 Å². The van der Waals surface area contributed by atoms with E-state index in [4.69, 9.17) is 4.74 Å². The van der Waals surface area contributed by atoms with Gasteiger partial charge < -0.3 is 10.1 Å². The van der Waals surface area contributed by atoms with Gasteiger partial charge >= 0.3 is 0 Å². The predicted molar refractivity (Wildman–Crippen MR) is 67.9 cm³/mol. The Hall–Kier alpha value is -1.46. The van der Waals surface area contributed by atoms with Gasteiger partial charge in [-0.25, -0.2) is 8.78 Å². The van der Waals surface area contributed by atoms with Crippen molar-refractivity contribution in [3.63, 3.8) is 0 Å². The van der Waals surface area contributed by atoms with Crippen LogP contribution < -0.4 is 10.1 Å². The summed E-state index contributed by atoms with van der Waals surface area (Å²) in [5, 5.41) is 5.19. The lowest BCUT2D eigenvalue weighted by atomic mass is 10.3. The summed E-state index contributed by atoms with van der Waals surface area (Å²) in [6, 6.07) is 7.32. The Bertz CT molecular complexity index is 488. The van der Waals surface area contributed by atoms with Crippen LogP contribution in [0.3, 0.4) is 0 Å². The summed E-state index contributed by atoms with van der Waals surface area (Å²) in [5.74, 6) is -1.20. The molecule has 1 heterocycles. The number of ether oxygens (including phenoxy) is 1. The lowest BCUT2D eigenvalue weighted by Gasteiger charge is -2.07. The highest BCUT2D eigenvalue weighted by molar-refractivity contribution is 7.09. The highest BCUT2D eigenvalue weighted by atomic mass is 32.1. The zero-order valence-electron chi connectivity index (χ0n) is 9.66. The van der Waals surface area contributed by atoms with Crippen molar-refractivity contribution in [2.45, 2.75) is 6.54 Å². The van der Waals surface area contributed by atoms with E-state index in [0.717, 1.165) is 12.6 Å². The van der Waals surface area contributed by atoms with Crippen LogP contribution in [0.4, 0.5) is 8.78 Å². The van der Waals surface area contributed by atoms with E-state index in [0.29, 0.717) is 13.2 Å². The van der Waals surface area contributed by atoms with Crippen molar-refractivity contribution in [1.29, 1.82) is 0 Å². The van der Waals surface area contributed by atoms with Gasteiger partial charge in [-0.2, -0.15) is 0 Å². The third-order valence-corrected chi connectivity index (χ3v) is 3.19. The van der Waals surface area contributed by atoms with Gasteiger partial charge in [-0.15, -0.1) is 11.3 Å². The summed E-state index contributed by atoms with van der Waals surface area (Å²) < 4.78 is 31.1. The standard InChI is InChI=1S/C13H13F2NOS/c14-10-3-4-13(12(15)8-10)17-6-5-16-9-11-2-1-7-18-11/h1-4,7-8,16H,5-6,9H2. The molecular formula is C13H13F2NOS. The largest absolute Gasteiger partial charge is 0.489 e. The molecule has 2 nitrogen and oxygen atoms in total. The van der Waals surface area contributed by atoms with Crippen molar-refractivity contribution in [2.75, 3.05) is 13.2 Å². The number of benzene rings is 1. The van der Waals surface area contributed by atoms with Crippen LogP contribution in [0, 0.1) is 11.6 Å². The van der Waals surface area contributed by atoms with Crippen molar-refractivity contribution in [3.8, 4) is 5.75 Å².